The number of nitrogen functional groups attached to an aromatic ring is 1. The molecule has 1 aliphatic rings. The van der Waals surface area contributed by atoms with Gasteiger partial charge in [-0.2, -0.15) is 0 Å². The number of hydrogen-bond acceptors (Lipinski definition) is 5. The van der Waals surface area contributed by atoms with Gasteiger partial charge in [0.05, 0.1) is 23.9 Å². The lowest BCUT2D eigenvalue weighted by Crippen LogP contribution is -2.43. The maximum absolute atomic E-state index is 6.13. The van der Waals surface area contributed by atoms with Crippen LogP contribution >= 0.6 is 11.6 Å². The number of morpholine rings is 1. The second-order valence-electron chi connectivity index (χ2n) is 4.16. The number of nitrogens with one attached hydrogen (secondary N) is 1. The maximum atomic E-state index is 6.13. The summed E-state index contributed by atoms with van der Waals surface area (Å²) in [5.74, 6) is 5.97. The molecule has 6 heteroatoms. The largest absolute Gasteiger partial charge is 0.379 e. The van der Waals surface area contributed by atoms with E-state index in [0.29, 0.717) is 16.9 Å². The molecule has 0 saturated carbocycles. The first-order chi connectivity index (χ1) is 8.20. The molecule has 1 aromatic rings. The van der Waals surface area contributed by atoms with Crippen LogP contribution in [0.2, 0.25) is 5.02 Å². The molecule has 5 nitrogen and oxygen atoms in total. The fraction of sp³-hybridized carbons (Fsp3) is 0.545. The Bertz CT molecular complexity index is 388. The van der Waals surface area contributed by atoms with Gasteiger partial charge in [0.25, 0.3) is 0 Å². The summed E-state index contributed by atoms with van der Waals surface area (Å²) < 4.78 is 5.40. The predicted octanol–water partition coefficient (Wildman–Crippen LogP) is 1.24. The molecular weight excluding hydrogens is 240 g/mol. The van der Waals surface area contributed by atoms with Crippen molar-refractivity contribution in [2.45, 2.75) is 19.5 Å². The predicted molar refractivity (Wildman–Crippen MR) is 67.7 cm³/mol. The second kappa shape index (κ2) is 5.64. The highest BCUT2D eigenvalue weighted by atomic mass is 35.5. The highest BCUT2D eigenvalue weighted by Gasteiger charge is 2.20. The fourth-order valence-electron chi connectivity index (χ4n) is 1.86. The first-order valence-corrected chi connectivity index (χ1v) is 6.02. The molecule has 2 heterocycles. The maximum Gasteiger partial charge on any atom is 0.140 e. The minimum Gasteiger partial charge on any atom is -0.379 e. The summed E-state index contributed by atoms with van der Waals surface area (Å²) in [6, 6.07) is 3.95. The van der Waals surface area contributed by atoms with E-state index in [4.69, 9.17) is 22.2 Å². The van der Waals surface area contributed by atoms with E-state index in [1.165, 1.54) is 0 Å². The van der Waals surface area contributed by atoms with Gasteiger partial charge in [-0.25, -0.2) is 10.8 Å². The number of hydrazine groups is 1. The van der Waals surface area contributed by atoms with Crippen molar-refractivity contribution in [3.63, 3.8) is 0 Å². The Kier molecular flexibility index (Phi) is 4.17. The Morgan fingerprint density at radius 1 is 1.65 bits per heavy atom. The molecule has 1 atom stereocenters. The van der Waals surface area contributed by atoms with Crippen LogP contribution in [0.1, 0.15) is 12.6 Å². The quantitative estimate of drug-likeness (QED) is 0.629. The highest BCUT2D eigenvalue weighted by molar-refractivity contribution is 6.31. The molecule has 0 bridgehead atoms. The van der Waals surface area contributed by atoms with Gasteiger partial charge in [-0.05, 0) is 19.1 Å². The molecule has 0 amide bonds. The van der Waals surface area contributed by atoms with Gasteiger partial charge >= 0.3 is 0 Å². The van der Waals surface area contributed by atoms with Crippen LogP contribution in [0.4, 0.5) is 5.82 Å². The molecule has 1 unspecified atom stereocenters. The number of pyridine rings is 1. The van der Waals surface area contributed by atoms with E-state index in [1.54, 1.807) is 6.07 Å². The number of nitrogens with two attached hydrogens (primary N) is 1. The number of nitrogens with zero attached hydrogens (tertiary/aromatic N) is 2. The van der Waals surface area contributed by atoms with Gasteiger partial charge in [0.15, 0.2) is 0 Å². The van der Waals surface area contributed by atoms with Crippen molar-refractivity contribution < 1.29 is 4.74 Å². The molecule has 1 aromatic heterocycles. The van der Waals surface area contributed by atoms with Crippen molar-refractivity contribution in [2.75, 3.05) is 25.2 Å². The van der Waals surface area contributed by atoms with E-state index in [2.05, 4.69) is 22.2 Å². The lowest BCUT2D eigenvalue weighted by molar-refractivity contribution is -0.00487. The van der Waals surface area contributed by atoms with Gasteiger partial charge in [0.1, 0.15) is 5.82 Å². The molecule has 17 heavy (non-hydrogen) atoms. The molecule has 1 saturated heterocycles. The van der Waals surface area contributed by atoms with Crippen LogP contribution in [0.3, 0.4) is 0 Å². The van der Waals surface area contributed by atoms with Gasteiger partial charge in [0, 0.05) is 19.1 Å². The van der Waals surface area contributed by atoms with Crippen LogP contribution in [0.5, 0.6) is 0 Å². The van der Waals surface area contributed by atoms with Gasteiger partial charge in [-0.3, -0.25) is 4.90 Å². The van der Waals surface area contributed by atoms with Gasteiger partial charge in [-0.1, -0.05) is 11.6 Å². The Labute approximate surface area is 106 Å². The number of aromatic nitrogens is 1. The van der Waals surface area contributed by atoms with Crippen molar-refractivity contribution in [3.8, 4) is 0 Å². The lowest BCUT2D eigenvalue weighted by atomic mass is 10.2. The third kappa shape index (κ3) is 3.07. The molecule has 1 aliphatic heterocycles. The molecule has 2 rings (SSSR count). The molecular formula is C11H17ClN4O. The summed E-state index contributed by atoms with van der Waals surface area (Å²) in [5.41, 5.74) is 3.37. The summed E-state index contributed by atoms with van der Waals surface area (Å²) in [6.07, 6.45) is 0. The van der Waals surface area contributed by atoms with Gasteiger partial charge in [0.2, 0.25) is 0 Å². The minimum atomic E-state index is 0.385. The molecule has 0 aliphatic carbocycles. The van der Waals surface area contributed by atoms with E-state index in [0.717, 1.165) is 32.0 Å². The molecule has 3 N–H and O–H groups in total. The Morgan fingerprint density at radius 3 is 3.18 bits per heavy atom. The SMILES string of the molecule is CC1COCCN1Cc1nc(NN)ccc1Cl. The topological polar surface area (TPSA) is 63.4 Å². The van der Waals surface area contributed by atoms with Crippen LogP contribution in [-0.4, -0.2) is 35.7 Å². The van der Waals surface area contributed by atoms with E-state index < -0.39 is 0 Å². The normalized spacial score (nSPS) is 21.5. The number of halogens is 1. The minimum absolute atomic E-state index is 0.385. The summed E-state index contributed by atoms with van der Waals surface area (Å²) in [6.45, 7) is 5.28. The summed E-state index contributed by atoms with van der Waals surface area (Å²) in [7, 11) is 0. The van der Waals surface area contributed by atoms with E-state index in [-0.39, 0.29) is 0 Å². The van der Waals surface area contributed by atoms with Crippen LogP contribution in [0.15, 0.2) is 12.1 Å². The summed E-state index contributed by atoms with van der Waals surface area (Å²) >= 11 is 6.13. The second-order valence-corrected chi connectivity index (χ2v) is 4.57. The standard InChI is InChI=1S/C11H17ClN4O/c1-8-7-17-5-4-16(8)6-10-9(12)2-3-11(14-10)15-13/h2-3,8H,4-7,13H2,1H3,(H,14,15). The smallest absolute Gasteiger partial charge is 0.140 e. The molecule has 1 fully saturated rings. The number of ether oxygens (including phenoxy) is 1. The average Bonchev–Trinajstić information content (AvgIpc) is 2.35. The zero-order chi connectivity index (χ0) is 12.3. The summed E-state index contributed by atoms with van der Waals surface area (Å²) in [5, 5.41) is 0.669. The van der Waals surface area contributed by atoms with Crippen LogP contribution in [0, 0.1) is 0 Å². The average molecular weight is 257 g/mol. The number of anilines is 1. The third-order valence-corrected chi connectivity index (χ3v) is 3.27. The number of hydrogen-bond donors (Lipinski definition) is 2. The van der Waals surface area contributed by atoms with Crippen molar-refractivity contribution in [1.82, 2.24) is 9.88 Å². The molecule has 94 valence electrons. The van der Waals surface area contributed by atoms with Crippen LogP contribution < -0.4 is 11.3 Å². The Morgan fingerprint density at radius 2 is 2.47 bits per heavy atom. The first-order valence-electron chi connectivity index (χ1n) is 5.64. The highest BCUT2D eigenvalue weighted by Crippen LogP contribution is 2.19. The van der Waals surface area contributed by atoms with Crippen LogP contribution in [-0.2, 0) is 11.3 Å². The lowest BCUT2D eigenvalue weighted by Gasteiger charge is -2.33. The van der Waals surface area contributed by atoms with Crippen LogP contribution in [0.25, 0.3) is 0 Å². The monoisotopic (exact) mass is 256 g/mol. The molecule has 0 radical (unpaired) electrons. The number of rotatable bonds is 3. The summed E-state index contributed by atoms with van der Waals surface area (Å²) in [4.78, 5) is 6.67. The Hall–Kier alpha value is -0.880. The van der Waals surface area contributed by atoms with Crippen molar-refractivity contribution in [3.05, 3.63) is 22.8 Å². The van der Waals surface area contributed by atoms with Gasteiger partial charge < -0.3 is 10.2 Å². The zero-order valence-corrected chi connectivity index (χ0v) is 10.6. The fourth-order valence-corrected chi connectivity index (χ4v) is 2.03. The zero-order valence-electron chi connectivity index (χ0n) is 9.82. The molecule has 0 aromatic carbocycles. The van der Waals surface area contributed by atoms with Crippen molar-refractivity contribution in [2.24, 2.45) is 5.84 Å². The van der Waals surface area contributed by atoms with E-state index in [1.807, 2.05) is 6.07 Å². The van der Waals surface area contributed by atoms with Crippen molar-refractivity contribution >= 4 is 17.4 Å². The van der Waals surface area contributed by atoms with E-state index in [9.17, 15) is 0 Å². The van der Waals surface area contributed by atoms with E-state index >= 15 is 0 Å². The third-order valence-electron chi connectivity index (χ3n) is 2.92. The van der Waals surface area contributed by atoms with Gasteiger partial charge in [-0.15, -0.1) is 0 Å². The first kappa shape index (κ1) is 12.6. The van der Waals surface area contributed by atoms with Crippen molar-refractivity contribution in [1.29, 1.82) is 0 Å². The Balaban J connectivity index is 2.11. The molecule has 0 spiro atoms.